The lowest BCUT2D eigenvalue weighted by Gasteiger charge is -2.44. The maximum Gasteiger partial charge on any atom is 0.0123 e. The van der Waals surface area contributed by atoms with Gasteiger partial charge in [-0.3, -0.25) is 0 Å². The first-order chi connectivity index (χ1) is 8.77. The summed E-state index contributed by atoms with van der Waals surface area (Å²) < 4.78 is 0. The Morgan fingerprint density at radius 1 is 1.06 bits per heavy atom. The zero-order chi connectivity index (χ0) is 12.8. The molecule has 0 spiro atoms. The lowest BCUT2D eigenvalue weighted by molar-refractivity contribution is 0.0597. The Balaban J connectivity index is 1.65. The Labute approximate surface area is 114 Å². The van der Waals surface area contributed by atoms with Crippen molar-refractivity contribution in [2.45, 2.75) is 77.3 Å². The van der Waals surface area contributed by atoms with Gasteiger partial charge in [0.25, 0.3) is 0 Å². The fraction of sp³-hybridized carbons (Fsp3) is 1.00. The summed E-state index contributed by atoms with van der Waals surface area (Å²) in [5, 5.41) is 3.52. The maximum atomic E-state index is 3.52. The largest absolute Gasteiger partial charge is 0.315 e. The number of fused-ring (bicyclic) bond motifs is 1. The van der Waals surface area contributed by atoms with E-state index in [9.17, 15) is 0 Å². The molecule has 1 N–H and O–H groups in total. The van der Waals surface area contributed by atoms with Gasteiger partial charge in [-0.25, -0.2) is 0 Å². The van der Waals surface area contributed by atoms with E-state index in [0.29, 0.717) is 6.04 Å². The molecule has 0 radical (unpaired) electrons. The summed E-state index contributed by atoms with van der Waals surface area (Å²) in [7, 11) is 0. The maximum absolute atomic E-state index is 3.52. The third-order valence-corrected chi connectivity index (χ3v) is 4.78. The minimum Gasteiger partial charge on any atom is -0.315 e. The van der Waals surface area contributed by atoms with Gasteiger partial charge >= 0.3 is 0 Å². The van der Waals surface area contributed by atoms with Crippen LogP contribution >= 0.6 is 0 Å². The van der Waals surface area contributed by atoms with Crippen molar-refractivity contribution in [1.82, 2.24) is 10.2 Å². The Morgan fingerprint density at radius 3 is 2.67 bits per heavy atom. The van der Waals surface area contributed by atoms with Crippen LogP contribution in [-0.4, -0.2) is 36.6 Å². The number of hydrogen-bond acceptors (Lipinski definition) is 2. The molecular formula is C16H32N2. The molecule has 0 aromatic heterocycles. The molecule has 2 fully saturated rings. The second-order valence-electron chi connectivity index (χ2n) is 6.61. The Hall–Kier alpha value is -0.0800. The zero-order valence-corrected chi connectivity index (χ0v) is 12.5. The van der Waals surface area contributed by atoms with E-state index in [0.717, 1.165) is 12.0 Å². The molecule has 0 aromatic carbocycles. The van der Waals surface area contributed by atoms with E-state index in [1.165, 1.54) is 71.0 Å². The van der Waals surface area contributed by atoms with Gasteiger partial charge in [0, 0.05) is 12.1 Å². The highest BCUT2D eigenvalue weighted by atomic mass is 15.2. The second-order valence-corrected chi connectivity index (χ2v) is 6.61. The van der Waals surface area contributed by atoms with Crippen molar-refractivity contribution in [2.24, 2.45) is 5.92 Å². The third kappa shape index (κ3) is 4.24. The van der Waals surface area contributed by atoms with Crippen LogP contribution in [0.25, 0.3) is 0 Å². The molecule has 0 amide bonds. The summed E-state index contributed by atoms with van der Waals surface area (Å²) >= 11 is 0. The number of rotatable bonds is 6. The summed E-state index contributed by atoms with van der Waals surface area (Å²) in [6, 6.07) is 1.59. The van der Waals surface area contributed by atoms with Gasteiger partial charge in [-0.2, -0.15) is 0 Å². The van der Waals surface area contributed by atoms with E-state index < -0.39 is 0 Å². The van der Waals surface area contributed by atoms with E-state index in [1.54, 1.807) is 0 Å². The van der Waals surface area contributed by atoms with Crippen molar-refractivity contribution in [3.63, 3.8) is 0 Å². The fourth-order valence-electron chi connectivity index (χ4n) is 3.84. The molecule has 2 nitrogen and oxygen atoms in total. The summed E-state index contributed by atoms with van der Waals surface area (Å²) in [6.45, 7) is 8.38. The molecule has 0 aromatic rings. The summed E-state index contributed by atoms with van der Waals surface area (Å²) in [5.74, 6) is 1.04. The highest BCUT2D eigenvalue weighted by molar-refractivity contribution is 4.87. The molecule has 2 rings (SSSR count). The highest BCUT2D eigenvalue weighted by Crippen LogP contribution is 2.35. The third-order valence-electron chi connectivity index (χ3n) is 4.78. The van der Waals surface area contributed by atoms with Crippen LogP contribution in [0.4, 0.5) is 0 Å². The number of piperidine rings is 1. The molecule has 2 aliphatic rings. The van der Waals surface area contributed by atoms with E-state index in [2.05, 4.69) is 24.1 Å². The van der Waals surface area contributed by atoms with Crippen LogP contribution in [0.3, 0.4) is 0 Å². The lowest BCUT2D eigenvalue weighted by Crippen LogP contribution is -2.47. The number of unbranched alkanes of at least 4 members (excludes halogenated alkanes) is 1. The van der Waals surface area contributed by atoms with Gasteiger partial charge in [0.2, 0.25) is 0 Å². The molecule has 106 valence electrons. The molecule has 1 saturated heterocycles. The molecule has 0 bridgehead atoms. The first-order valence-corrected chi connectivity index (χ1v) is 8.25. The minimum atomic E-state index is 0.641. The Morgan fingerprint density at radius 2 is 1.83 bits per heavy atom. The van der Waals surface area contributed by atoms with Crippen LogP contribution in [0.5, 0.6) is 0 Å². The van der Waals surface area contributed by atoms with Crippen LogP contribution in [-0.2, 0) is 0 Å². The van der Waals surface area contributed by atoms with Gasteiger partial charge in [0.1, 0.15) is 0 Å². The summed E-state index contributed by atoms with van der Waals surface area (Å²) in [4.78, 5) is 2.82. The Bertz CT molecular complexity index is 225. The van der Waals surface area contributed by atoms with Crippen molar-refractivity contribution in [3.8, 4) is 0 Å². The van der Waals surface area contributed by atoms with Crippen molar-refractivity contribution in [3.05, 3.63) is 0 Å². The topological polar surface area (TPSA) is 15.3 Å². The highest BCUT2D eigenvalue weighted by Gasteiger charge is 2.32. The van der Waals surface area contributed by atoms with Crippen molar-refractivity contribution < 1.29 is 0 Å². The lowest BCUT2D eigenvalue weighted by atomic mass is 9.78. The van der Waals surface area contributed by atoms with Gasteiger partial charge in [-0.05, 0) is 64.1 Å². The van der Waals surface area contributed by atoms with Gasteiger partial charge in [0.05, 0.1) is 0 Å². The van der Waals surface area contributed by atoms with Gasteiger partial charge in [-0.1, -0.05) is 26.7 Å². The van der Waals surface area contributed by atoms with E-state index in [-0.39, 0.29) is 0 Å². The summed E-state index contributed by atoms with van der Waals surface area (Å²) in [5.41, 5.74) is 0. The van der Waals surface area contributed by atoms with Crippen LogP contribution in [0.2, 0.25) is 0 Å². The number of hydrogen-bond donors (Lipinski definition) is 1. The van der Waals surface area contributed by atoms with E-state index >= 15 is 0 Å². The number of nitrogens with zero attached hydrogens (tertiary/aromatic N) is 1. The predicted molar refractivity (Wildman–Crippen MR) is 78.9 cm³/mol. The average Bonchev–Trinajstić information content (AvgIpc) is 2.38. The summed E-state index contributed by atoms with van der Waals surface area (Å²) in [6.07, 6.45) is 11.6. The first-order valence-electron chi connectivity index (χ1n) is 8.25. The zero-order valence-electron chi connectivity index (χ0n) is 12.5. The first kappa shape index (κ1) is 14.3. The standard InChI is InChI=1S/C16H32N2/c1-14(2)17-11-5-6-12-18-13-7-9-15-8-3-4-10-16(15)18/h14-17H,3-13H2,1-2H3. The molecule has 1 heterocycles. The molecular weight excluding hydrogens is 220 g/mol. The van der Waals surface area contributed by atoms with Crippen molar-refractivity contribution in [1.29, 1.82) is 0 Å². The quantitative estimate of drug-likeness (QED) is 0.729. The molecule has 2 atom stereocenters. The van der Waals surface area contributed by atoms with Crippen LogP contribution < -0.4 is 5.32 Å². The normalized spacial score (nSPS) is 29.5. The minimum absolute atomic E-state index is 0.641. The molecule has 2 heteroatoms. The van der Waals surface area contributed by atoms with Crippen LogP contribution in [0.15, 0.2) is 0 Å². The Kier molecular flexibility index (Phi) is 5.97. The molecule has 1 aliphatic carbocycles. The number of nitrogens with one attached hydrogen (secondary N) is 1. The molecule has 1 saturated carbocycles. The predicted octanol–water partition coefficient (Wildman–Crippen LogP) is 3.42. The van der Waals surface area contributed by atoms with Gasteiger partial charge in [0.15, 0.2) is 0 Å². The average molecular weight is 252 g/mol. The van der Waals surface area contributed by atoms with Crippen LogP contribution in [0.1, 0.15) is 65.2 Å². The van der Waals surface area contributed by atoms with Gasteiger partial charge in [-0.15, -0.1) is 0 Å². The molecule has 1 aliphatic heterocycles. The van der Waals surface area contributed by atoms with E-state index in [4.69, 9.17) is 0 Å². The molecule has 2 unspecified atom stereocenters. The number of likely N-dealkylation sites (tertiary alicyclic amines) is 1. The van der Waals surface area contributed by atoms with E-state index in [1.807, 2.05) is 0 Å². The van der Waals surface area contributed by atoms with Gasteiger partial charge < -0.3 is 10.2 Å². The van der Waals surface area contributed by atoms with Crippen LogP contribution in [0, 0.1) is 5.92 Å². The van der Waals surface area contributed by atoms with Crippen molar-refractivity contribution in [2.75, 3.05) is 19.6 Å². The monoisotopic (exact) mass is 252 g/mol. The second kappa shape index (κ2) is 7.49. The molecule has 18 heavy (non-hydrogen) atoms. The SMILES string of the molecule is CC(C)NCCCCN1CCCC2CCCCC21. The van der Waals surface area contributed by atoms with Crippen molar-refractivity contribution >= 4 is 0 Å². The smallest absolute Gasteiger partial charge is 0.0123 e. The fourth-order valence-corrected chi connectivity index (χ4v) is 3.84.